The monoisotopic (exact) mass is 575 g/mol. The van der Waals surface area contributed by atoms with Crippen LogP contribution in [0.15, 0.2) is 64.7 Å². The molecular weight excluding hydrogens is 550 g/mol. The molecule has 10 heteroatoms. The number of carbonyl (C=O) groups is 2. The number of aromatic nitrogens is 3. The van der Waals surface area contributed by atoms with Crippen molar-refractivity contribution in [2.24, 2.45) is 5.92 Å². The number of anilines is 1. The molecular formula is C25H27BrClN5O2S. The molecule has 1 unspecified atom stereocenters. The van der Waals surface area contributed by atoms with Crippen molar-refractivity contribution in [1.29, 1.82) is 0 Å². The molecule has 1 atom stereocenters. The van der Waals surface area contributed by atoms with E-state index in [9.17, 15) is 9.59 Å². The van der Waals surface area contributed by atoms with Crippen LogP contribution in [0.1, 0.15) is 41.6 Å². The zero-order valence-corrected chi connectivity index (χ0v) is 22.9. The molecule has 3 aromatic rings. The fraction of sp³-hybridized carbons (Fsp3) is 0.280. The van der Waals surface area contributed by atoms with Gasteiger partial charge in [-0.15, -0.1) is 16.8 Å². The van der Waals surface area contributed by atoms with Crippen LogP contribution in [-0.4, -0.2) is 32.3 Å². The van der Waals surface area contributed by atoms with Crippen LogP contribution in [0.3, 0.4) is 0 Å². The van der Waals surface area contributed by atoms with Crippen molar-refractivity contribution in [1.82, 2.24) is 20.1 Å². The van der Waals surface area contributed by atoms with Crippen LogP contribution in [-0.2, 0) is 11.3 Å². The average molecular weight is 577 g/mol. The van der Waals surface area contributed by atoms with Crippen LogP contribution < -0.4 is 10.6 Å². The molecule has 35 heavy (non-hydrogen) atoms. The van der Waals surface area contributed by atoms with Gasteiger partial charge in [0.1, 0.15) is 0 Å². The topological polar surface area (TPSA) is 88.9 Å². The predicted molar refractivity (Wildman–Crippen MR) is 145 cm³/mol. The van der Waals surface area contributed by atoms with Gasteiger partial charge in [0, 0.05) is 16.7 Å². The number of aryl methyl sites for hydroxylation is 1. The lowest BCUT2D eigenvalue weighted by atomic mass is 10.0. The van der Waals surface area contributed by atoms with Crippen molar-refractivity contribution < 1.29 is 9.59 Å². The van der Waals surface area contributed by atoms with Gasteiger partial charge in [-0.3, -0.25) is 9.59 Å². The Morgan fingerprint density at radius 1 is 1.23 bits per heavy atom. The lowest BCUT2D eigenvalue weighted by molar-refractivity contribution is -0.113. The van der Waals surface area contributed by atoms with Crippen molar-refractivity contribution in [3.05, 3.63) is 81.6 Å². The van der Waals surface area contributed by atoms with E-state index in [4.69, 9.17) is 11.6 Å². The summed E-state index contributed by atoms with van der Waals surface area (Å²) < 4.78 is 2.85. The number of carbonyl (C=O) groups excluding carboxylic acids is 2. The third kappa shape index (κ3) is 6.96. The standard InChI is InChI=1S/C25H27BrClN5O2S/c1-5-12-32-23(22(15(2)3)29-24(34)18-8-6-7-9-20(18)27)30-31-25(32)35-14-21(33)28-17-10-11-19(26)16(4)13-17/h5-11,13,15,22H,1,12,14H2,2-4H3,(H,28,33)(H,29,34). The largest absolute Gasteiger partial charge is 0.342 e. The number of allylic oxidation sites excluding steroid dienone is 1. The Bertz CT molecular complexity index is 1230. The Kier molecular flexibility index (Phi) is 9.54. The van der Waals surface area contributed by atoms with Gasteiger partial charge >= 0.3 is 0 Å². The summed E-state index contributed by atoms with van der Waals surface area (Å²) in [6.07, 6.45) is 1.73. The molecule has 184 valence electrons. The normalized spacial score (nSPS) is 11.8. The van der Waals surface area contributed by atoms with Gasteiger partial charge in [-0.05, 0) is 48.7 Å². The number of rotatable bonds is 10. The van der Waals surface area contributed by atoms with Crippen LogP contribution in [0.25, 0.3) is 0 Å². The van der Waals surface area contributed by atoms with Crippen LogP contribution in [0.4, 0.5) is 5.69 Å². The number of halogens is 2. The molecule has 2 aromatic carbocycles. The SMILES string of the molecule is C=CCn1c(SCC(=O)Nc2ccc(Br)c(C)c2)nnc1C(NC(=O)c1ccccc1Cl)C(C)C. The second-order valence-corrected chi connectivity index (χ2v) is 10.4. The van der Waals surface area contributed by atoms with Crippen LogP contribution in [0.5, 0.6) is 0 Å². The minimum Gasteiger partial charge on any atom is -0.342 e. The summed E-state index contributed by atoms with van der Waals surface area (Å²) in [6.45, 7) is 10.2. The highest BCUT2D eigenvalue weighted by Crippen LogP contribution is 2.27. The molecule has 7 nitrogen and oxygen atoms in total. The Labute approximate surface area is 222 Å². The number of hydrogen-bond acceptors (Lipinski definition) is 5. The average Bonchev–Trinajstić information content (AvgIpc) is 3.21. The van der Waals surface area contributed by atoms with Gasteiger partial charge in [-0.25, -0.2) is 0 Å². The van der Waals surface area contributed by atoms with E-state index in [1.807, 2.05) is 43.5 Å². The summed E-state index contributed by atoms with van der Waals surface area (Å²) in [5.74, 6) is 0.324. The Morgan fingerprint density at radius 2 is 1.97 bits per heavy atom. The van der Waals surface area contributed by atoms with Crippen molar-refractivity contribution >= 4 is 56.8 Å². The molecule has 0 bridgehead atoms. The molecule has 0 aliphatic rings. The first kappa shape index (κ1) is 27.0. The van der Waals surface area contributed by atoms with Gasteiger partial charge in [0.15, 0.2) is 11.0 Å². The molecule has 0 radical (unpaired) electrons. The van der Waals surface area contributed by atoms with Gasteiger partial charge in [-0.1, -0.05) is 71.3 Å². The van der Waals surface area contributed by atoms with E-state index in [2.05, 4.69) is 43.3 Å². The van der Waals surface area contributed by atoms with E-state index in [-0.39, 0.29) is 23.5 Å². The third-order valence-corrected chi connectivity index (χ3v) is 7.37. The molecule has 0 saturated carbocycles. The quantitative estimate of drug-likeness (QED) is 0.227. The minimum absolute atomic E-state index is 0.0241. The number of nitrogens with zero attached hydrogens (tertiary/aromatic N) is 3. The second-order valence-electron chi connectivity index (χ2n) is 8.22. The van der Waals surface area contributed by atoms with Crippen LogP contribution >= 0.6 is 39.3 Å². The van der Waals surface area contributed by atoms with Crippen molar-refractivity contribution in [2.75, 3.05) is 11.1 Å². The lowest BCUT2D eigenvalue weighted by Gasteiger charge is -2.23. The smallest absolute Gasteiger partial charge is 0.253 e. The highest BCUT2D eigenvalue weighted by Gasteiger charge is 2.27. The first-order valence-electron chi connectivity index (χ1n) is 11.0. The highest BCUT2D eigenvalue weighted by atomic mass is 79.9. The fourth-order valence-electron chi connectivity index (χ4n) is 3.38. The number of thioether (sulfide) groups is 1. The molecule has 0 spiro atoms. The molecule has 2 N–H and O–H groups in total. The maximum absolute atomic E-state index is 12.9. The summed E-state index contributed by atoms with van der Waals surface area (Å²) in [5, 5.41) is 15.6. The molecule has 0 fully saturated rings. The number of amides is 2. The molecule has 2 amide bonds. The number of hydrogen-bond donors (Lipinski definition) is 2. The van der Waals surface area contributed by atoms with E-state index < -0.39 is 6.04 Å². The van der Waals surface area contributed by atoms with Gasteiger partial charge in [0.2, 0.25) is 5.91 Å². The van der Waals surface area contributed by atoms with Crippen LogP contribution in [0.2, 0.25) is 5.02 Å². The second kappa shape index (κ2) is 12.4. The molecule has 0 saturated heterocycles. The number of nitrogens with one attached hydrogen (secondary N) is 2. The van der Waals surface area contributed by atoms with E-state index in [1.54, 1.807) is 30.3 Å². The third-order valence-electron chi connectivity index (χ3n) is 5.18. The summed E-state index contributed by atoms with van der Waals surface area (Å²) in [5.41, 5.74) is 2.15. The van der Waals surface area contributed by atoms with Crippen LogP contribution in [0, 0.1) is 12.8 Å². The maximum atomic E-state index is 12.9. The van der Waals surface area contributed by atoms with Gasteiger partial charge < -0.3 is 15.2 Å². The maximum Gasteiger partial charge on any atom is 0.253 e. The van der Waals surface area contributed by atoms with E-state index in [1.165, 1.54) is 11.8 Å². The summed E-state index contributed by atoms with van der Waals surface area (Å²) >= 11 is 10.9. The van der Waals surface area contributed by atoms with Crippen molar-refractivity contribution in [2.45, 2.75) is 38.5 Å². The van der Waals surface area contributed by atoms with E-state index in [0.717, 1.165) is 15.7 Å². The Hall–Kier alpha value is -2.62. The van der Waals surface area contributed by atoms with Crippen molar-refractivity contribution in [3.8, 4) is 0 Å². The summed E-state index contributed by atoms with van der Waals surface area (Å²) in [6, 6.07) is 12.1. The highest BCUT2D eigenvalue weighted by molar-refractivity contribution is 9.10. The zero-order valence-electron chi connectivity index (χ0n) is 19.7. The molecule has 0 aliphatic heterocycles. The van der Waals surface area contributed by atoms with E-state index in [0.29, 0.717) is 28.1 Å². The molecule has 1 heterocycles. The minimum atomic E-state index is -0.417. The molecule has 1 aromatic heterocycles. The Morgan fingerprint density at radius 3 is 2.63 bits per heavy atom. The summed E-state index contributed by atoms with van der Waals surface area (Å²) in [4.78, 5) is 25.5. The molecule has 3 rings (SSSR count). The first-order chi connectivity index (χ1) is 16.7. The summed E-state index contributed by atoms with van der Waals surface area (Å²) in [7, 11) is 0. The van der Waals surface area contributed by atoms with Gasteiger partial charge in [0.05, 0.1) is 22.4 Å². The number of benzene rings is 2. The Balaban J connectivity index is 1.76. The lowest BCUT2D eigenvalue weighted by Crippen LogP contribution is -2.34. The predicted octanol–water partition coefficient (Wildman–Crippen LogP) is 6.05. The van der Waals surface area contributed by atoms with Crippen molar-refractivity contribution in [3.63, 3.8) is 0 Å². The van der Waals surface area contributed by atoms with Gasteiger partial charge in [-0.2, -0.15) is 0 Å². The zero-order chi connectivity index (χ0) is 25.5. The fourth-order valence-corrected chi connectivity index (χ4v) is 4.60. The van der Waals surface area contributed by atoms with Gasteiger partial charge in [0.25, 0.3) is 5.91 Å². The first-order valence-corrected chi connectivity index (χ1v) is 13.1. The van der Waals surface area contributed by atoms with E-state index >= 15 is 0 Å². The molecule has 0 aliphatic carbocycles.